The highest BCUT2D eigenvalue weighted by Gasteiger charge is 2.19. The summed E-state index contributed by atoms with van der Waals surface area (Å²) in [6.45, 7) is 7.03. The maximum Gasteiger partial charge on any atom is 0.412 e. The molecule has 0 unspecified atom stereocenters. The quantitative estimate of drug-likeness (QED) is 0.797. The van der Waals surface area contributed by atoms with Gasteiger partial charge in [-0.2, -0.15) is 0 Å². The van der Waals surface area contributed by atoms with E-state index in [1.807, 2.05) is 0 Å². The number of benzene rings is 1. The molecule has 1 fully saturated rings. The van der Waals surface area contributed by atoms with E-state index < -0.39 is 17.5 Å². The van der Waals surface area contributed by atoms with Crippen LogP contribution in [0.5, 0.6) is 0 Å². The Morgan fingerprint density at radius 3 is 2.65 bits per heavy atom. The second-order valence-corrected chi connectivity index (χ2v) is 5.82. The van der Waals surface area contributed by atoms with E-state index in [4.69, 9.17) is 4.74 Å². The number of amides is 1. The van der Waals surface area contributed by atoms with Crippen LogP contribution in [-0.2, 0) is 4.74 Å². The highest BCUT2D eigenvalue weighted by atomic mass is 19.1. The number of rotatable bonds is 3. The molecule has 1 aromatic rings. The van der Waals surface area contributed by atoms with Crippen molar-refractivity contribution in [3.8, 4) is 0 Å². The Bertz CT molecular complexity index is 496. The van der Waals surface area contributed by atoms with Gasteiger partial charge in [0.15, 0.2) is 0 Å². The van der Waals surface area contributed by atoms with Crippen molar-refractivity contribution >= 4 is 17.5 Å². The minimum Gasteiger partial charge on any atom is -0.444 e. The van der Waals surface area contributed by atoms with Crippen LogP contribution in [0.1, 0.15) is 20.8 Å². The summed E-state index contributed by atoms with van der Waals surface area (Å²) in [4.78, 5) is 11.7. The van der Waals surface area contributed by atoms with Gasteiger partial charge < -0.3 is 15.4 Å². The molecule has 0 radical (unpaired) electrons. The molecule has 2 rings (SSSR count). The lowest BCUT2D eigenvalue weighted by Crippen LogP contribution is -2.51. The molecule has 1 aliphatic heterocycles. The first kappa shape index (κ1) is 14.6. The number of nitrogens with one attached hydrogen (secondary N) is 3. The number of hydrogen-bond donors (Lipinski definition) is 3. The molecule has 20 heavy (non-hydrogen) atoms. The lowest BCUT2D eigenvalue weighted by Gasteiger charge is -2.29. The number of carbonyl (C=O) groups is 1. The maximum atomic E-state index is 13.7. The van der Waals surface area contributed by atoms with E-state index >= 15 is 0 Å². The van der Waals surface area contributed by atoms with Gasteiger partial charge >= 0.3 is 6.09 Å². The van der Waals surface area contributed by atoms with E-state index in [1.54, 1.807) is 32.9 Å². The molecule has 1 aliphatic rings. The van der Waals surface area contributed by atoms with Crippen LogP contribution in [0, 0.1) is 5.82 Å². The normalized spacial score (nSPS) is 15.4. The molecule has 0 bridgehead atoms. The largest absolute Gasteiger partial charge is 0.444 e. The fourth-order valence-electron chi connectivity index (χ4n) is 1.75. The van der Waals surface area contributed by atoms with Crippen LogP contribution in [0.15, 0.2) is 18.2 Å². The van der Waals surface area contributed by atoms with Gasteiger partial charge in [0, 0.05) is 18.8 Å². The van der Waals surface area contributed by atoms with E-state index in [0.29, 0.717) is 6.04 Å². The molecule has 1 amide bonds. The summed E-state index contributed by atoms with van der Waals surface area (Å²) >= 11 is 0. The van der Waals surface area contributed by atoms with Crippen molar-refractivity contribution in [2.45, 2.75) is 32.4 Å². The van der Waals surface area contributed by atoms with Crippen LogP contribution >= 0.6 is 0 Å². The monoisotopic (exact) mass is 281 g/mol. The van der Waals surface area contributed by atoms with E-state index in [9.17, 15) is 9.18 Å². The SMILES string of the molecule is CC(C)(C)OC(=O)Nc1cc(NC2CNC2)ccc1F. The predicted molar refractivity (Wildman–Crippen MR) is 76.5 cm³/mol. The van der Waals surface area contributed by atoms with Crippen molar-refractivity contribution in [3.63, 3.8) is 0 Å². The highest BCUT2D eigenvalue weighted by molar-refractivity contribution is 5.85. The van der Waals surface area contributed by atoms with Gasteiger partial charge in [0.25, 0.3) is 0 Å². The van der Waals surface area contributed by atoms with Crippen LogP contribution in [0.4, 0.5) is 20.6 Å². The van der Waals surface area contributed by atoms with Gasteiger partial charge in [-0.1, -0.05) is 0 Å². The van der Waals surface area contributed by atoms with Gasteiger partial charge in [0.1, 0.15) is 11.4 Å². The first-order chi connectivity index (χ1) is 9.33. The Hall–Kier alpha value is -1.82. The zero-order valence-electron chi connectivity index (χ0n) is 11.9. The van der Waals surface area contributed by atoms with Crippen LogP contribution < -0.4 is 16.0 Å². The number of hydrogen-bond acceptors (Lipinski definition) is 4. The minimum absolute atomic E-state index is 0.108. The molecular weight excluding hydrogens is 261 g/mol. The van der Waals surface area contributed by atoms with Gasteiger partial charge in [0.2, 0.25) is 0 Å². The predicted octanol–water partition coefficient (Wildman–Crippen LogP) is 2.56. The maximum absolute atomic E-state index is 13.7. The summed E-state index contributed by atoms with van der Waals surface area (Å²) in [5, 5.41) is 8.81. The molecular formula is C14H20FN3O2. The third-order valence-corrected chi connectivity index (χ3v) is 2.75. The molecule has 0 spiro atoms. The molecule has 0 aromatic heterocycles. The molecule has 1 saturated heterocycles. The molecule has 3 N–H and O–H groups in total. The second kappa shape index (κ2) is 5.66. The summed E-state index contributed by atoms with van der Waals surface area (Å²) in [6.07, 6.45) is -0.668. The lowest BCUT2D eigenvalue weighted by atomic mass is 10.1. The second-order valence-electron chi connectivity index (χ2n) is 5.82. The molecule has 5 nitrogen and oxygen atoms in total. The van der Waals surface area contributed by atoms with Crippen LogP contribution in [0.25, 0.3) is 0 Å². The third kappa shape index (κ3) is 4.09. The summed E-state index contributed by atoms with van der Waals surface area (Å²) < 4.78 is 18.8. The van der Waals surface area contributed by atoms with Crippen LogP contribution in [0.2, 0.25) is 0 Å². The molecule has 1 heterocycles. The summed E-state index contributed by atoms with van der Waals surface area (Å²) in [5.74, 6) is -0.492. The van der Waals surface area contributed by atoms with Crippen molar-refractivity contribution in [3.05, 3.63) is 24.0 Å². The van der Waals surface area contributed by atoms with Crippen molar-refractivity contribution in [2.24, 2.45) is 0 Å². The molecule has 0 aliphatic carbocycles. The van der Waals surface area contributed by atoms with Crippen molar-refractivity contribution in [1.82, 2.24) is 5.32 Å². The van der Waals surface area contributed by atoms with E-state index in [-0.39, 0.29) is 5.69 Å². The van der Waals surface area contributed by atoms with E-state index in [1.165, 1.54) is 6.07 Å². The third-order valence-electron chi connectivity index (χ3n) is 2.75. The van der Waals surface area contributed by atoms with E-state index in [0.717, 1.165) is 18.8 Å². The lowest BCUT2D eigenvalue weighted by molar-refractivity contribution is 0.0635. The summed E-state index contributed by atoms with van der Waals surface area (Å²) in [6, 6.07) is 4.88. The number of carbonyl (C=O) groups excluding carboxylic acids is 1. The number of halogens is 1. The molecule has 0 atom stereocenters. The zero-order valence-corrected chi connectivity index (χ0v) is 11.9. The number of anilines is 2. The first-order valence-electron chi connectivity index (χ1n) is 6.60. The van der Waals surface area contributed by atoms with Crippen molar-refractivity contribution in [1.29, 1.82) is 0 Å². The van der Waals surface area contributed by atoms with Gasteiger partial charge in [-0.25, -0.2) is 9.18 Å². The molecule has 6 heteroatoms. The fourth-order valence-corrected chi connectivity index (χ4v) is 1.75. The van der Waals surface area contributed by atoms with Gasteiger partial charge in [-0.15, -0.1) is 0 Å². The molecule has 1 aromatic carbocycles. The molecule has 110 valence electrons. The Kier molecular flexibility index (Phi) is 4.13. The number of ether oxygens (including phenoxy) is 1. The summed E-state index contributed by atoms with van der Waals surface area (Å²) in [7, 11) is 0. The topological polar surface area (TPSA) is 62.4 Å². The van der Waals surface area contributed by atoms with Crippen LogP contribution in [-0.4, -0.2) is 30.8 Å². The van der Waals surface area contributed by atoms with E-state index in [2.05, 4.69) is 16.0 Å². The Morgan fingerprint density at radius 1 is 1.40 bits per heavy atom. The molecule has 0 saturated carbocycles. The average Bonchev–Trinajstić information content (AvgIpc) is 2.25. The fraction of sp³-hybridized carbons (Fsp3) is 0.500. The Labute approximate surface area is 117 Å². The van der Waals surface area contributed by atoms with Crippen LogP contribution in [0.3, 0.4) is 0 Å². The Balaban J connectivity index is 2.02. The minimum atomic E-state index is -0.668. The van der Waals surface area contributed by atoms with Gasteiger partial charge in [-0.3, -0.25) is 5.32 Å². The first-order valence-corrected chi connectivity index (χ1v) is 6.60. The Morgan fingerprint density at radius 2 is 2.10 bits per heavy atom. The van der Waals surface area contributed by atoms with Crippen molar-refractivity contribution < 1.29 is 13.9 Å². The standard InChI is InChI=1S/C14H20FN3O2/c1-14(2,3)20-13(19)18-12-6-9(4-5-11(12)15)17-10-7-16-8-10/h4-6,10,16-17H,7-8H2,1-3H3,(H,18,19). The van der Waals surface area contributed by atoms with Crippen molar-refractivity contribution in [2.75, 3.05) is 23.7 Å². The van der Waals surface area contributed by atoms with Gasteiger partial charge in [0.05, 0.1) is 11.7 Å². The zero-order chi connectivity index (χ0) is 14.8. The average molecular weight is 281 g/mol. The van der Waals surface area contributed by atoms with Gasteiger partial charge in [-0.05, 0) is 39.0 Å². The highest BCUT2D eigenvalue weighted by Crippen LogP contribution is 2.21. The summed E-state index contributed by atoms with van der Waals surface area (Å²) in [5.41, 5.74) is 0.258. The smallest absolute Gasteiger partial charge is 0.412 e.